The molecule has 5 N–H and O–H groups in total. The van der Waals surface area contributed by atoms with Crippen molar-refractivity contribution in [1.29, 1.82) is 0 Å². The molecule has 214 valence electrons. The number of amides is 2. The molecular weight excluding hydrogens is 524 g/mol. The van der Waals surface area contributed by atoms with Crippen LogP contribution in [0, 0.1) is 11.8 Å². The highest BCUT2D eigenvalue weighted by Crippen LogP contribution is 2.20. The Balaban J connectivity index is 2.37. The molecular formula is C27H38N4O7S. The molecule has 0 saturated heterocycles. The topological polar surface area (TPSA) is 169 Å². The van der Waals surface area contributed by atoms with E-state index in [2.05, 4.69) is 15.8 Å². The quantitative estimate of drug-likeness (QED) is 0.134. The van der Waals surface area contributed by atoms with Crippen molar-refractivity contribution in [2.75, 3.05) is 13.1 Å². The largest absolute Gasteiger partial charge is 0.465 e. The van der Waals surface area contributed by atoms with E-state index in [0.717, 1.165) is 5.56 Å². The SMILES string of the molecule is CC(C)CN(C[C@@H](O)[C@H](Cc1ccccc1)NC(=O)[C@@H](NC(=O)O)C(C)C)S(=O)(=O)c1ccc(/C=N/O)cc1. The Morgan fingerprint density at radius 3 is 2.10 bits per heavy atom. The molecule has 0 radical (unpaired) electrons. The Labute approximate surface area is 229 Å². The summed E-state index contributed by atoms with van der Waals surface area (Å²) in [7, 11) is -4.04. The molecule has 11 nitrogen and oxygen atoms in total. The van der Waals surface area contributed by atoms with E-state index in [-0.39, 0.29) is 36.2 Å². The van der Waals surface area contributed by atoms with Gasteiger partial charge >= 0.3 is 6.09 Å². The first-order valence-corrected chi connectivity index (χ1v) is 14.1. The molecule has 2 rings (SSSR count). The van der Waals surface area contributed by atoms with Gasteiger partial charge in [-0.25, -0.2) is 13.2 Å². The van der Waals surface area contributed by atoms with Gasteiger partial charge in [0.2, 0.25) is 15.9 Å². The Morgan fingerprint density at radius 2 is 1.59 bits per heavy atom. The van der Waals surface area contributed by atoms with Gasteiger partial charge in [0.05, 0.1) is 23.3 Å². The second kappa shape index (κ2) is 14.6. The lowest BCUT2D eigenvalue weighted by molar-refractivity contribution is -0.125. The fraction of sp³-hybridized carbons (Fsp3) is 0.444. The standard InChI is InChI=1S/C27H38N4O7S/c1-18(2)16-31(39(37,38)22-12-10-21(11-13-22)15-28-36)17-24(32)23(14-20-8-6-5-7-9-20)29-26(33)25(19(3)4)30-27(34)35/h5-13,15,18-19,23-25,30,32,36H,14,16-17H2,1-4H3,(H,29,33)(H,34,35)/b28-15+/t23-,24+,25-/m0/s1. The summed E-state index contributed by atoms with van der Waals surface area (Å²) >= 11 is 0. The van der Waals surface area contributed by atoms with Crippen LogP contribution in [0.2, 0.25) is 0 Å². The molecule has 2 aromatic rings. The first kappa shape index (κ1) is 31.7. The fourth-order valence-electron chi connectivity index (χ4n) is 4.05. The van der Waals surface area contributed by atoms with Crippen LogP contribution < -0.4 is 10.6 Å². The number of nitrogens with one attached hydrogen (secondary N) is 2. The molecule has 0 bridgehead atoms. The molecule has 0 heterocycles. The number of hydrogen-bond acceptors (Lipinski definition) is 7. The van der Waals surface area contributed by atoms with Crippen LogP contribution in [-0.4, -0.2) is 77.6 Å². The summed E-state index contributed by atoms with van der Waals surface area (Å²) in [5.41, 5.74) is 1.31. The monoisotopic (exact) mass is 562 g/mol. The van der Waals surface area contributed by atoms with Crippen LogP contribution in [0.1, 0.15) is 38.8 Å². The van der Waals surface area contributed by atoms with Gasteiger partial charge in [-0.1, -0.05) is 75.3 Å². The van der Waals surface area contributed by atoms with E-state index in [1.54, 1.807) is 13.8 Å². The zero-order valence-corrected chi connectivity index (χ0v) is 23.4. The average molecular weight is 563 g/mol. The second-order valence-electron chi connectivity index (χ2n) is 10.1. The average Bonchev–Trinajstić information content (AvgIpc) is 2.87. The van der Waals surface area contributed by atoms with Crippen LogP contribution in [0.3, 0.4) is 0 Å². The number of oxime groups is 1. The zero-order valence-electron chi connectivity index (χ0n) is 22.6. The molecule has 0 fully saturated rings. The molecule has 0 aliphatic heterocycles. The third-order valence-corrected chi connectivity index (χ3v) is 7.85. The Morgan fingerprint density at radius 1 is 0.974 bits per heavy atom. The molecule has 0 aliphatic rings. The van der Waals surface area contributed by atoms with Gasteiger partial charge in [-0.05, 0) is 41.5 Å². The summed E-state index contributed by atoms with van der Waals surface area (Å²) in [4.78, 5) is 24.3. The van der Waals surface area contributed by atoms with Crippen LogP contribution in [0.5, 0.6) is 0 Å². The number of aliphatic hydroxyl groups excluding tert-OH is 1. The van der Waals surface area contributed by atoms with Crippen molar-refractivity contribution in [3.8, 4) is 0 Å². The number of rotatable bonds is 14. The highest BCUT2D eigenvalue weighted by atomic mass is 32.2. The van der Waals surface area contributed by atoms with Crippen molar-refractivity contribution >= 4 is 28.2 Å². The van der Waals surface area contributed by atoms with Crippen LogP contribution in [-0.2, 0) is 21.2 Å². The summed E-state index contributed by atoms with van der Waals surface area (Å²) in [6.07, 6.45) is -1.31. The van der Waals surface area contributed by atoms with Crippen molar-refractivity contribution in [2.45, 2.75) is 57.2 Å². The Bertz CT molecular complexity index is 1200. The molecule has 0 aromatic heterocycles. The maximum absolute atomic E-state index is 13.6. The number of sulfonamides is 1. The van der Waals surface area contributed by atoms with Crippen LogP contribution in [0.25, 0.3) is 0 Å². The van der Waals surface area contributed by atoms with Crippen molar-refractivity contribution < 1.29 is 33.4 Å². The number of carboxylic acid groups (broad SMARTS) is 1. The summed E-state index contributed by atoms with van der Waals surface area (Å²) in [6, 6.07) is 12.9. The molecule has 0 unspecified atom stereocenters. The Kier molecular flexibility index (Phi) is 11.9. The summed E-state index contributed by atoms with van der Waals surface area (Å²) in [5, 5.41) is 37.1. The van der Waals surface area contributed by atoms with Gasteiger partial charge in [0.15, 0.2) is 0 Å². The first-order chi connectivity index (χ1) is 18.3. The van der Waals surface area contributed by atoms with Crippen molar-refractivity contribution in [3.05, 3.63) is 65.7 Å². The number of benzene rings is 2. The molecule has 3 atom stereocenters. The smallest absolute Gasteiger partial charge is 0.405 e. The van der Waals surface area contributed by atoms with Gasteiger partial charge < -0.3 is 26.1 Å². The highest BCUT2D eigenvalue weighted by Gasteiger charge is 2.33. The zero-order chi connectivity index (χ0) is 29.2. The first-order valence-electron chi connectivity index (χ1n) is 12.6. The van der Waals surface area contributed by atoms with Crippen LogP contribution in [0.4, 0.5) is 4.79 Å². The molecule has 0 spiro atoms. The normalized spacial score (nSPS) is 14.5. The van der Waals surface area contributed by atoms with Gasteiger partial charge in [0.25, 0.3) is 0 Å². The minimum atomic E-state index is -4.04. The molecule has 0 saturated carbocycles. The van der Waals surface area contributed by atoms with Gasteiger partial charge in [-0.15, -0.1) is 0 Å². The number of nitrogens with zero attached hydrogens (tertiary/aromatic N) is 2. The van der Waals surface area contributed by atoms with E-state index in [1.165, 1.54) is 34.8 Å². The van der Waals surface area contributed by atoms with Crippen molar-refractivity contribution in [3.63, 3.8) is 0 Å². The van der Waals surface area contributed by atoms with E-state index >= 15 is 0 Å². The molecule has 12 heteroatoms. The van der Waals surface area contributed by atoms with E-state index < -0.39 is 40.2 Å². The third-order valence-electron chi connectivity index (χ3n) is 6.00. The predicted molar refractivity (Wildman–Crippen MR) is 147 cm³/mol. The van der Waals surface area contributed by atoms with Gasteiger partial charge in [-0.2, -0.15) is 4.31 Å². The molecule has 2 aromatic carbocycles. The van der Waals surface area contributed by atoms with Gasteiger partial charge in [0, 0.05) is 13.1 Å². The van der Waals surface area contributed by atoms with Crippen molar-refractivity contribution in [2.24, 2.45) is 17.0 Å². The highest BCUT2D eigenvalue weighted by molar-refractivity contribution is 7.89. The van der Waals surface area contributed by atoms with E-state index in [9.17, 15) is 28.2 Å². The van der Waals surface area contributed by atoms with Crippen LogP contribution >= 0.6 is 0 Å². The van der Waals surface area contributed by atoms with Gasteiger partial charge in [0.1, 0.15) is 6.04 Å². The van der Waals surface area contributed by atoms with E-state index in [1.807, 2.05) is 44.2 Å². The lowest BCUT2D eigenvalue weighted by Gasteiger charge is -2.32. The lowest BCUT2D eigenvalue weighted by atomic mass is 9.98. The van der Waals surface area contributed by atoms with E-state index in [0.29, 0.717) is 5.56 Å². The summed E-state index contributed by atoms with van der Waals surface area (Å²) in [5.74, 6) is -1.06. The third kappa shape index (κ3) is 9.65. The molecule has 2 amide bonds. The minimum absolute atomic E-state index is 0.000357. The summed E-state index contributed by atoms with van der Waals surface area (Å²) < 4.78 is 28.3. The summed E-state index contributed by atoms with van der Waals surface area (Å²) in [6.45, 7) is 6.89. The fourth-order valence-corrected chi connectivity index (χ4v) is 5.67. The maximum atomic E-state index is 13.6. The molecule has 39 heavy (non-hydrogen) atoms. The number of carbonyl (C=O) groups is 2. The van der Waals surface area contributed by atoms with Crippen LogP contribution in [0.15, 0.2) is 64.6 Å². The molecule has 0 aliphatic carbocycles. The Hall–Kier alpha value is -3.48. The number of carbonyl (C=O) groups excluding carboxylic acids is 1. The van der Waals surface area contributed by atoms with Crippen molar-refractivity contribution in [1.82, 2.24) is 14.9 Å². The second-order valence-corrected chi connectivity index (χ2v) is 12.0. The van der Waals surface area contributed by atoms with E-state index in [4.69, 9.17) is 5.21 Å². The maximum Gasteiger partial charge on any atom is 0.405 e. The van der Waals surface area contributed by atoms with Gasteiger partial charge in [-0.3, -0.25) is 4.79 Å². The minimum Gasteiger partial charge on any atom is -0.465 e. The predicted octanol–water partition coefficient (Wildman–Crippen LogP) is 2.52. The lowest BCUT2D eigenvalue weighted by Crippen LogP contribution is -2.56. The number of hydrogen-bond donors (Lipinski definition) is 5. The number of aliphatic hydroxyl groups is 1.